The summed E-state index contributed by atoms with van der Waals surface area (Å²) in [5, 5.41) is 0.942. The van der Waals surface area contributed by atoms with E-state index in [1.807, 2.05) is 42.5 Å². The lowest BCUT2D eigenvalue weighted by atomic mass is 10.2. The number of terminal acetylenes is 1. The second-order valence-electron chi connectivity index (χ2n) is 5.19. The maximum Gasteiger partial charge on any atom is 0.170 e. The third-order valence-electron chi connectivity index (χ3n) is 3.44. The Morgan fingerprint density at radius 3 is 2.91 bits per heavy atom. The SMILES string of the molecule is C#CCn1c(SCCOc2cccc(C)c2)nc2ccccc21. The molecule has 3 rings (SSSR count). The zero-order chi connectivity index (χ0) is 16.1. The predicted octanol–water partition coefficient (Wildman–Crippen LogP) is 4.15. The highest BCUT2D eigenvalue weighted by Gasteiger charge is 2.09. The summed E-state index contributed by atoms with van der Waals surface area (Å²) in [5.74, 6) is 4.43. The first-order chi connectivity index (χ1) is 11.3. The van der Waals surface area contributed by atoms with Crippen LogP contribution in [0.15, 0.2) is 53.7 Å². The molecule has 0 N–H and O–H groups in total. The number of aromatic nitrogens is 2. The molecule has 1 aromatic heterocycles. The summed E-state index contributed by atoms with van der Waals surface area (Å²) in [6, 6.07) is 16.1. The van der Waals surface area contributed by atoms with Crippen molar-refractivity contribution < 1.29 is 4.74 Å². The molecule has 0 spiro atoms. The summed E-state index contributed by atoms with van der Waals surface area (Å²) >= 11 is 1.67. The van der Waals surface area contributed by atoms with E-state index < -0.39 is 0 Å². The van der Waals surface area contributed by atoms with Crippen molar-refractivity contribution in [3.05, 3.63) is 54.1 Å². The van der Waals surface area contributed by atoms with Gasteiger partial charge in [0.15, 0.2) is 5.16 Å². The van der Waals surface area contributed by atoms with Crippen molar-refractivity contribution in [1.82, 2.24) is 9.55 Å². The molecular weight excluding hydrogens is 304 g/mol. The molecule has 0 amide bonds. The van der Waals surface area contributed by atoms with E-state index in [1.54, 1.807) is 11.8 Å². The number of para-hydroxylation sites is 2. The molecule has 0 fully saturated rings. The molecule has 0 bridgehead atoms. The minimum Gasteiger partial charge on any atom is -0.493 e. The first kappa shape index (κ1) is 15.5. The Labute approximate surface area is 140 Å². The molecule has 0 saturated carbocycles. The van der Waals surface area contributed by atoms with Crippen molar-refractivity contribution in [2.45, 2.75) is 18.6 Å². The molecule has 0 aliphatic heterocycles. The second kappa shape index (κ2) is 7.26. The number of hydrogen-bond acceptors (Lipinski definition) is 3. The van der Waals surface area contributed by atoms with Crippen molar-refractivity contribution >= 4 is 22.8 Å². The minimum atomic E-state index is 0.529. The van der Waals surface area contributed by atoms with Crippen LogP contribution in [0.1, 0.15) is 5.56 Å². The number of fused-ring (bicyclic) bond motifs is 1. The van der Waals surface area contributed by atoms with Crippen LogP contribution in [-0.2, 0) is 6.54 Å². The van der Waals surface area contributed by atoms with Crippen LogP contribution in [-0.4, -0.2) is 21.9 Å². The van der Waals surface area contributed by atoms with Gasteiger partial charge in [-0.3, -0.25) is 0 Å². The van der Waals surface area contributed by atoms with Crippen molar-refractivity contribution in [3.8, 4) is 18.1 Å². The smallest absolute Gasteiger partial charge is 0.170 e. The van der Waals surface area contributed by atoms with E-state index in [4.69, 9.17) is 11.2 Å². The third-order valence-corrected chi connectivity index (χ3v) is 4.38. The highest BCUT2D eigenvalue weighted by Crippen LogP contribution is 2.24. The summed E-state index contributed by atoms with van der Waals surface area (Å²) in [7, 11) is 0. The molecule has 0 radical (unpaired) electrons. The monoisotopic (exact) mass is 322 g/mol. The molecule has 116 valence electrons. The van der Waals surface area contributed by atoms with Crippen LogP contribution >= 0.6 is 11.8 Å². The summed E-state index contributed by atoms with van der Waals surface area (Å²) in [6.45, 7) is 3.22. The highest BCUT2D eigenvalue weighted by atomic mass is 32.2. The van der Waals surface area contributed by atoms with Crippen LogP contribution in [0.3, 0.4) is 0 Å². The molecule has 3 nitrogen and oxygen atoms in total. The molecule has 1 heterocycles. The van der Waals surface area contributed by atoms with Gasteiger partial charge in [-0.25, -0.2) is 4.98 Å². The van der Waals surface area contributed by atoms with E-state index in [9.17, 15) is 0 Å². The van der Waals surface area contributed by atoms with Crippen LogP contribution in [0.4, 0.5) is 0 Å². The summed E-state index contributed by atoms with van der Waals surface area (Å²) in [4.78, 5) is 4.66. The Morgan fingerprint density at radius 2 is 2.09 bits per heavy atom. The molecule has 0 aliphatic carbocycles. The first-order valence-corrected chi connectivity index (χ1v) is 8.47. The lowest BCUT2D eigenvalue weighted by Crippen LogP contribution is -2.03. The van der Waals surface area contributed by atoms with Gasteiger partial charge in [-0.05, 0) is 36.8 Å². The Bertz CT molecular complexity index is 848. The van der Waals surface area contributed by atoms with Gasteiger partial charge < -0.3 is 9.30 Å². The van der Waals surface area contributed by atoms with E-state index >= 15 is 0 Å². The number of imidazole rings is 1. The van der Waals surface area contributed by atoms with Crippen LogP contribution in [0, 0.1) is 19.3 Å². The van der Waals surface area contributed by atoms with Gasteiger partial charge in [0.25, 0.3) is 0 Å². The molecular formula is C19H18N2OS. The van der Waals surface area contributed by atoms with Gasteiger partial charge in [-0.1, -0.05) is 41.9 Å². The summed E-state index contributed by atoms with van der Waals surface area (Å²) in [6.07, 6.45) is 5.49. The van der Waals surface area contributed by atoms with Crippen LogP contribution < -0.4 is 4.74 Å². The van der Waals surface area contributed by atoms with Crippen LogP contribution in [0.5, 0.6) is 5.75 Å². The zero-order valence-electron chi connectivity index (χ0n) is 13.0. The topological polar surface area (TPSA) is 27.1 Å². The predicted molar refractivity (Wildman–Crippen MR) is 96.0 cm³/mol. The average Bonchev–Trinajstić information content (AvgIpc) is 2.90. The second-order valence-corrected chi connectivity index (χ2v) is 6.25. The van der Waals surface area contributed by atoms with Crippen molar-refractivity contribution in [2.24, 2.45) is 0 Å². The number of nitrogens with zero attached hydrogens (tertiary/aromatic N) is 2. The molecule has 23 heavy (non-hydrogen) atoms. The number of ether oxygens (including phenoxy) is 1. The zero-order valence-corrected chi connectivity index (χ0v) is 13.8. The van der Waals surface area contributed by atoms with E-state index in [0.29, 0.717) is 13.2 Å². The van der Waals surface area contributed by atoms with Crippen LogP contribution in [0.25, 0.3) is 11.0 Å². The molecule has 0 saturated heterocycles. The maximum atomic E-state index is 5.78. The standard InChI is InChI=1S/C19H18N2OS/c1-3-11-21-18-10-5-4-9-17(18)20-19(21)23-13-12-22-16-8-6-7-15(2)14-16/h1,4-10,14H,11-13H2,2H3. The fourth-order valence-electron chi connectivity index (χ4n) is 2.41. The molecule has 0 aliphatic rings. The lowest BCUT2D eigenvalue weighted by molar-refractivity contribution is 0.343. The van der Waals surface area contributed by atoms with Gasteiger partial charge >= 0.3 is 0 Å². The average molecular weight is 322 g/mol. The van der Waals surface area contributed by atoms with Crippen molar-refractivity contribution in [3.63, 3.8) is 0 Å². The fourth-order valence-corrected chi connectivity index (χ4v) is 3.24. The number of rotatable bonds is 6. The Balaban J connectivity index is 1.65. The van der Waals surface area contributed by atoms with E-state index in [0.717, 1.165) is 27.7 Å². The number of hydrogen-bond donors (Lipinski definition) is 0. The molecule has 3 aromatic rings. The molecule has 0 unspecified atom stereocenters. The molecule has 0 atom stereocenters. The largest absolute Gasteiger partial charge is 0.493 e. The quantitative estimate of drug-likeness (QED) is 0.387. The van der Waals surface area contributed by atoms with Gasteiger partial charge in [-0.15, -0.1) is 6.42 Å². The lowest BCUT2D eigenvalue weighted by Gasteiger charge is -2.07. The summed E-state index contributed by atoms with van der Waals surface area (Å²) < 4.78 is 7.86. The van der Waals surface area contributed by atoms with E-state index in [1.165, 1.54) is 5.56 Å². The molecule has 2 aromatic carbocycles. The minimum absolute atomic E-state index is 0.529. The Kier molecular flexibility index (Phi) is 4.89. The van der Waals surface area contributed by atoms with Crippen molar-refractivity contribution in [2.75, 3.05) is 12.4 Å². The van der Waals surface area contributed by atoms with Gasteiger partial charge in [0.05, 0.1) is 24.2 Å². The van der Waals surface area contributed by atoms with Crippen LogP contribution in [0.2, 0.25) is 0 Å². The number of aryl methyl sites for hydroxylation is 1. The molecule has 4 heteroatoms. The Hall–Kier alpha value is -2.38. The van der Waals surface area contributed by atoms with Crippen molar-refractivity contribution in [1.29, 1.82) is 0 Å². The Morgan fingerprint density at radius 1 is 1.22 bits per heavy atom. The maximum absolute atomic E-state index is 5.78. The third kappa shape index (κ3) is 3.69. The fraction of sp³-hybridized carbons (Fsp3) is 0.211. The van der Waals surface area contributed by atoms with Gasteiger partial charge in [-0.2, -0.15) is 0 Å². The van der Waals surface area contributed by atoms with Gasteiger partial charge in [0.1, 0.15) is 5.75 Å². The number of thioether (sulfide) groups is 1. The first-order valence-electron chi connectivity index (χ1n) is 7.49. The van der Waals surface area contributed by atoms with Gasteiger partial charge in [0.2, 0.25) is 0 Å². The normalized spacial score (nSPS) is 10.6. The van der Waals surface area contributed by atoms with E-state index in [-0.39, 0.29) is 0 Å². The highest BCUT2D eigenvalue weighted by molar-refractivity contribution is 7.99. The van der Waals surface area contributed by atoms with E-state index in [2.05, 4.69) is 28.5 Å². The summed E-state index contributed by atoms with van der Waals surface area (Å²) in [5.41, 5.74) is 3.25. The van der Waals surface area contributed by atoms with Gasteiger partial charge in [0, 0.05) is 5.75 Å². The number of benzene rings is 2.